The molecule has 0 saturated heterocycles. The van der Waals surface area contributed by atoms with Crippen molar-refractivity contribution in [2.45, 2.75) is 58.5 Å². The molecule has 0 aromatic rings. The Kier molecular flexibility index (Phi) is 7.54. The predicted octanol–water partition coefficient (Wildman–Crippen LogP) is 3.89. The van der Waals surface area contributed by atoms with Gasteiger partial charge in [-0.2, -0.15) is 0 Å². The van der Waals surface area contributed by atoms with Gasteiger partial charge in [0.15, 0.2) is 8.32 Å². The van der Waals surface area contributed by atoms with E-state index in [2.05, 4.69) is 63.7 Å². The highest BCUT2D eigenvalue weighted by atomic mass is 28.4. The molecule has 0 N–H and O–H groups in total. The van der Waals surface area contributed by atoms with Gasteiger partial charge in [0.05, 0.1) is 6.61 Å². The van der Waals surface area contributed by atoms with E-state index in [1.54, 1.807) is 0 Å². The van der Waals surface area contributed by atoms with Crippen LogP contribution in [0.25, 0.3) is 0 Å². The van der Waals surface area contributed by atoms with Gasteiger partial charge in [-0.3, -0.25) is 0 Å². The fraction of sp³-hybridized carbons (Fsp3) is 0.714. The third-order valence-electron chi connectivity index (χ3n) is 2.97. The molecule has 0 amide bonds. The fourth-order valence-electron chi connectivity index (χ4n) is 1.54. The normalized spacial score (nSPS) is 11.2. The van der Waals surface area contributed by atoms with E-state index in [0.717, 1.165) is 0 Å². The summed E-state index contributed by atoms with van der Waals surface area (Å²) in [5, 5.41) is 0. The fourth-order valence-corrected chi connectivity index (χ4v) is 4.47. The smallest absolute Gasteiger partial charge is 0.193 e. The van der Waals surface area contributed by atoms with Crippen LogP contribution >= 0.6 is 0 Å². The Morgan fingerprint density at radius 1 is 0.882 bits per heavy atom. The summed E-state index contributed by atoms with van der Waals surface area (Å²) in [6.45, 7) is 13.9. The lowest BCUT2D eigenvalue weighted by Crippen LogP contribution is -2.35. The Bertz CT molecular complexity index is 321. The molecule has 3 heteroatoms. The zero-order valence-electron chi connectivity index (χ0n) is 12.2. The number of rotatable bonds is 5. The van der Waals surface area contributed by atoms with Crippen LogP contribution < -0.4 is 0 Å². The Balaban J connectivity index is 4.22. The van der Waals surface area contributed by atoms with E-state index in [0.29, 0.717) is 6.61 Å². The van der Waals surface area contributed by atoms with E-state index in [1.165, 1.54) is 18.1 Å². The lowest BCUT2D eigenvalue weighted by molar-refractivity contribution is 0.350. The molecule has 0 aromatic carbocycles. The van der Waals surface area contributed by atoms with Gasteiger partial charge in [-0.1, -0.05) is 46.3 Å². The third kappa shape index (κ3) is 7.44. The number of hydrogen-bond acceptors (Lipinski definition) is 1. The second-order valence-electron chi connectivity index (χ2n) is 5.33. The molecule has 0 aliphatic rings. The van der Waals surface area contributed by atoms with Gasteiger partial charge in [-0.05, 0) is 30.0 Å². The summed E-state index contributed by atoms with van der Waals surface area (Å²) in [6.07, 6.45) is 0. The molecule has 1 nitrogen and oxygen atoms in total. The maximum absolute atomic E-state index is 6.02. The van der Waals surface area contributed by atoms with Crippen molar-refractivity contribution in [3.8, 4) is 23.3 Å². The molecule has 0 fully saturated rings. The van der Waals surface area contributed by atoms with Crippen LogP contribution in [-0.4, -0.2) is 23.0 Å². The molecule has 0 unspecified atom stereocenters. The molecule has 0 bridgehead atoms. The first-order valence-electron chi connectivity index (χ1n) is 6.53. The van der Waals surface area contributed by atoms with Crippen LogP contribution in [0.5, 0.6) is 0 Å². The highest BCUT2D eigenvalue weighted by Gasteiger charge is 2.27. The molecule has 0 spiro atoms. The van der Waals surface area contributed by atoms with Crippen LogP contribution in [0, 0.1) is 23.3 Å². The molecule has 0 atom stereocenters. The first kappa shape index (κ1) is 16.5. The molecular formula is C14H26OSi2. The molecule has 0 saturated carbocycles. The summed E-state index contributed by atoms with van der Waals surface area (Å²) in [6, 6.07) is 3.55. The van der Waals surface area contributed by atoms with E-state index in [4.69, 9.17) is 4.43 Å². The lowest BCUT2D eigenvalue weighted by atomic mass is 10.6. The van der Waals surface area contributed by atoms with Crippen molar-refractivity contribution < 1.29 is 4.43 Å². The quantitative estimate of drug-likeness (QED) is 0.542. The third-order valence-corrected chi connectivity index (χ3v) is 8.47. The minimum atomic E-state index is -1.46. The second-order valence-corrected chi connectivity index (χ2v) is 14.9. The Morgan fingerprint density at radius 3 is 1.82 bits per heavy atom. The summed E-state index contributed by atoms with van der Waals surface area (Å²) in [4.78, 5) is 0. The summed E-state index contributed by atoms with van der Waals surface area (Å²) >= 11 is 0. The monoisotopic (exact) mass is 266 g/mol. The van der Waals surface area contributed by atoms with Gasteiger partial charge in [0.25, 0.3) is 0 Å². The molecule has 96 valence electrons. The standard InChI is InChI=1S/C14H26OSi2/c1-7-17(8-2,9-3)15-13-11-10-12-14-16(4,5)6/h7-9,13H2,1-6H3. The highest BCUT2D eigenvalue weighted by Crippen LogP contribution is 2.20. The van der Waals surface area contributed by atoms with Crippen molar-refractivity contribution in [2.24, 2.45) is 0 Å². The van der Waals surface area contributed by atoms with Crippen LogP contribution in [0.15, 0.2) is 0 Å². The van der Waals surface area contributed by atoms with Crippen molar-refractivity contribution >= 4 is 16.4 Å². The summed E-state index contributed by atoms with van der Waals surface area (Å²) in [7, 11) is -2.73. The topological polar surface area (TPSA) is 9.23 Å². The van der Waals surface area contributed by atoms with Crippen LogP contribution in [0.3, 0.4) is 0 Å². The van der Waals surface area contributed by atoms with Gasteiger partial charge in [0, 0.05) is 0 Å². The van der Waals surface area contributed by atoms with Gasteiger partial charge >= 0.3 is 0 Å². The maximum atomic E-state index is 6.02. The van der Waals surface area contributed by atoms with Crippen molar-refractivity contribution in [3.63, 3.8) is 0 Å². The molecule has 0 radical (unpaired) electrons. The van der Waals surface area contributed by atoms with Crippen molar-refractivity contribution in [1.29, 1.82) is 0 Å². The molecule has 0 aliphatic carbocycles. The van der Waals surface area contributed by atoms with Crippen LogP contribution in [-0.2, 0) is 4.43 Å². The zero-order chi connectivity index (χ0) is 13.4. The van der Waals surface area contributed by atoms with Gasteiger partial charge < -0.3 is 4.43 Å². The first-order chi connectivity index (χ1) is 7.89. The minimum absolute atomic E-state index is 0.558. The molecule has 0 aromatic heterocycles. The van der Waals surface area contributed by atoms with Gasteiger partial charge in [0.2, 0.25) is 0 Å². The second kappa shape index (κ2) is 7.77. The van der Waals surface area contributed by atoms with Crippen molar-refractivity contribution in [2.75, 3.05) is 6.61 Å². The number of hydrogen-bond donors (Lipinski definition) is 0. The van der Waals surface area contributed by atoms with E-state index in [1.807, 2.05) is 0 Å². The van der Waals surface area contributed by atoms with E-state index in [-0.39, 0.29) is 0 Å². The Labute approximate surface area is 109 Å². The molecular weight excluding hydrogens is 240 g/mol. The van der Waals surface area contributed by atoms with Crippen molar-refractivity contribution in [3.05, 3.63) is 0 Å². The zero-order valence-corrected chi connectivity index (χ0v) is 14.2. The van der Waals surface area contributed by atoms with Crippen LogP contribution in [0.4, 0.5) is 0 Å². The van der Waals surface area contributed by atoms with E-state index < -0.39 is 16.4 Å². The molecule has 0 aliphatic heterocycles. The van der Waals surface area contributed by atoms with Gasteiger partial charge in [-0.15, -0.1) is 5.54 Å². The Hall–Kier alpha value is -0.486. The van der Waals surface area contributed by atoms with Gasteiger partial charge in [0.1, 0.15) is 8.07 Å². The Morgan fingerprint density at radius 2 is 1.41 bits per heavy atom. The SMILES string of the molecule is CC[Si](CC)(CC)OCC#CC#C[Si](C)(C)C. The largest absolute Gasteiger partial charge is 0.406 e. The average molecular weight is 267 g/mol. The molecule has 0 heterocycles. The van der Waals surface area contributed by atoms with Gasteiger partial charge in [-0.25, -0.2) is 0 Å². The van der Waals surface area contributed by atoms with Crippen LogP contribution in [0.2, 0.25) is 37.8 Å². The summed E-state index contributed by atoms with van der Waals surface area (Å²) < 4.78 is 6.02. The molecule has 17 heavy (non-hydrogen) atoms. The minimum Gasteiger partial charge on any atom is -0.406 e. The average Bonchev–Trinajstić information content (AvgIpc) is 2.28. The van der Waals surface area contributed by atoms with E-state index >= 15 is 0 Å². The summed E-state index contributed by atoms with van der Waals surface area (Å²) in [5.74, 6) is 8.89. The highest BCUT2D eigenvalue weighted by molar-refractivity contribution is 6.83. The first-order valence-corrected chi connectivity index (χ1v) is 12.6. The van der Waals surface area contributed by atoms with E-state index in [9.17, 15) is 0 Å². The predicted molar refractivity (Wildman–Crippen MR) is 82.0 cm³/mol. The van der Waals surface area contributed by atoms with Crippen LogP contribution in [0.1, 0.15) is 20.8 Å². The lowest BCUT2D eigenvalue weighted by Gasteiger charge is -2.26. The van der Waals surface area contributed by atoms with Crippen molar-refractivity contribution in [1.82, 2.24) is 0 Å². The maximum Gasteiger partial charge on any atom is 0.193 e. The summed E-state index contributed by atoms with van der Waals surface area (Å²) in [5.41, 5.74) is 3.23. The molecule has 0 rings (SSSR count).